The van der Waals surface area contributed by atoms with Gasteiger partial charge in [-0.25, -0.2) is 0 Å². The number of hydrogen-bond acceptors (Lipinski definition) is 5. The molecule has 0 aliphatic heterocycles. The molecule has 0 bridgehead atoms. The Morgan fingerprint density at radius 3 is 2.48 bits per heavy atom. The van der Waals surface area contributed by atoms with E-state index in [2.05, 4.69) is 80.7 Å². The van der Waals surface area contributed by atoms with Gasteiger partial charge in [0.2, 0.25) is 5.95 Å². The second-order valence-corrected chi connectivity index (χ2v) is 7.03. The van der Waals surface area contributed by atoms with Crippen LogP contribution in [0.15, 0.2) is 53.1 Å². The third-order valence-corrected chi connectivity index (χ3v) is 4.37. The van der Waals surface area contributed by atoms with E-state index in [0.717, 1.165) is 21.4 Å². The summed E-state index contributed by atoms with van der Waals surface area (Å²) in [7, 11) is 0. The van der Waals surface area contributed by atoms with Crippen LogP contribution in [0.3, 0.4) is 0 Å². The standard InChI is InChI=1S/C19H20BrN5/c1-12(2)16-6-4-5-13(3)18(16)24-19-23-17(11-21-25-19)22-15-9-7-14(20)8-10-15/h4-12H,1-3H3,(H2,22,23,24,25). The van der Waals surface area contributed by atoms with Crippen molar-refractivity contribution >= 4 is 39.1 Å². The molecule has 0 amide bonds. The Kier molecular flexibility index (Phi) is 5.28. The van der Waals surface area contributed by atoms with Gasteiger partial charge in [-0.05, 0) is 48.2 Å². The van der Waals surface area contributed by atoms with Crippen molar-refractivity contribution in [3.05, 3.63) is 64.3 Å². The highest BCUT2D eigenvalue weighted by Gasteiger charge is 2.11. The predicted octanol–water partition coefficient (Wildman–Crippen LogP) is 5.55. The zero-order valence-corrected chi connectivity index (χ0v) is 16.0. The largest absolute Gasteiger partial charge is 0.339 e. The molecule has 1 heterocycles. The van der Waals surface area contributed by atoms with Crippen LogP contribution in [0.2, 0.25) is 0 Å². The maximum absolute atomic E-state index is 4.52. The van der Waals surface area contributed by atoms with E-state index in [1.807, 2.05) is 24.3 Å². The predicted molar refractivity (Wildman–Crippen MR) is 106 cm³/mol. The first-order chi connectivity index (χ1) is 12.0. The summed E-state index contributed by atoms with van der Waals surface area (Å²) in [5.41, 5.74) is 4.37. The number of para-hydroxylation sites is 1. The van der Waals surface area contributed by atoms with Gasteiger partial charge in [-0.2, -0.15) is 10.1 Å². The summed E-state index contributed by atoms with van der Waals surface area (Å²) >= 11 is 3.43. The molecule has 3 aromatic rings. The number of nitrogens with zero attached hydrogens (tertiary/aromatic N) is 3. The number of halogens is 1. The zero-order chi connectivity index (χ0) is 17.8. The number of aryl methyl sites for hydroxylation is 1. The van der Waals surface area contributed by atoms with Crippen LogP contribution >= 0.6 is 15.9 Å². The van der Waals surface area contributed by atoms with E-state index in [1.54, 1.807) is 6.20 Å². The average Bonchev–Trinajstić information content (AvgIpc) is 2.59. The molecule has 0 saturated carbocycles. The monoisotopic (exact) mass is 397 g/mol. The highest BCUT2D eigenvalue weighted by molar-refractivity contribution is 9.10. The molecule has 3 rings (SSSR count). The molecule has 6 heteroatoms. The fourth-order valence-electron chi connectivity index (χ4n) is 2.55. The first kappa shape index (κ1) is 17.4. The molecular weight excluding hydrogens is 378 g/mol. The van der Waals surface area contributed by atoms with Crippen molar-refractivity contribution in [2.45, 2.75) is 26.7 Å². The van der Waals surface area contributed by atoms with Crippen molar-refractivity contribution in [2.75, 3.05) is 10.6 Å². The lowest BCUT2D eigenvalue weighted by Gasteiger charge is -2.16. The molecule has 0 atom stereocenters. The highest BCUT2D eigenvalue weighted by Crippen LogP contribution is 2.29. The fraction of sp³-hybridized carbons (Fsp3) is 0.211. The molecule has 0 unspecified atom stereocenters. The van der Waals surface area contributed by atoms with Gasteiger partial charge in [0.05, 0.1) is 6.20 Å². The molecule has 5 nitrogen and oxygen atoms in total. The smallest absolute Gasteiger partial charge is 0.249 e. The molecule has 0 aliphatic rings. The lowest BCUT2D eigenvalue weighted by atomic mass is 9.98. The molecule has 0 radical (unpaired) electrons. The first-order valence-electron chi connectivity index (χ1n) is 8.12. The van der Waals surface area contributed by atoms with Crippen LogP contribution in [0.4, 0.5) is 23.1 Å². The topological polar surface area (TPSA) is 62.7 Å². The Morgan fingerprint density at radius 1 is 1.00 bits per heavy atom. The van der Waals surface area contributed by atoms with Crippen LogP contribution in [0.5, 0.6) is 0 Å². The number of aromatic nitrogens is 3. The molecule has 0 fully saturated rings. The number of rotatable bonds is 5. The summed E-state index contributed by atoms with van der Waals surface area (Å²) in [4.78, 5) is 4.52. The lowest BCUT2D eigenvalue weighted by Crippen LogP contribution is -2.05. The molecule has 1 aromatic heterocycles. The van der Waals surface area contributed by atoms with Gasteiger partial charge >= 0.3 is 0 Å². The van der Waals surface area contributed by atoms with Gasteiger partial charge in [0.15, 0.2) is 5.82 Å². The summed E-state index contributed by atoms with van der Waals surface area (Å²) in [6.07, 6.45) is 1.61. The normalized spacial score (nSPS) is 10.8. The van der Waals surface area contributed by atoms with E-state index in [-0.39, 0.29) is 0 Å². The molecule has 2 aromatic carbocycles. The molecule has 2 N–H and O–H groups in total. The number of nitrogens with one attached hydrogen (secondary N) is 2. The fourth-order valence-corrected chi connectivity index (χ4v) is 2.82. The van der Waals surface area contributed by atoms with E-state index in [0.29, 0.717) is 17.7 Å². The van der Waals surface area contributed by atoms with Crippen LogP contribution in [-0.4, -0.2) is 15.2 Å². The number of anilines is 4. The van der Waals surface area contributed by atoms with Gasteiger partial charge in [0.25, 0.3) is 0 Å². The number of benzene rings is 2. The second-order valence-electron chi connectivity index (χ2n) is 6.12. The molecule has 128 valence electrons. The van der Waals surface area contributed by atoms with Crippen LogP contribution in [0, 0.1) is 6.92 Å². The Balaban J connectivity index is 1.84. The van der Waals surface area contributed by atoms with Crippen molar-refractivity contribution in [1.82, 2.24) is 15.2 Å². The van der Waals surface area contributed by atoms with Crippen molar-refractivity contribution in [3.8, 4) is 0 Å². The molecule has 0 spiro atoms. The van der Waals surface area contributed by atoms with E-state index >= 15 is 0 Å². The van der Waals surface area contributed by atoms with E-state index in [9.17, 15) is 0 Å². The minimum absolute atomic E-state index is 0.402. The van der Waals surface area contributed by atoms with Gasteiger partial charge in [-0.15, -0.1) is 5.10 Å². The molecule has 0 aliphatic carbocycles. The van der Waals surface area contributed by atoms with Gasteiger partial charge in [0.1, 0.15) is 0 Å². The second kappa shape index (κ2) is 7.61. The van der Waals surface area contributed by atoms with Crippen molar-refractivity contribution < 1.29 is 0 Å². The summed E-state index contributed by atoms with van der Waals surface area (Å²) in [5.74, 6) is 1.51. The quantitative estimate of drug-likeness (QED) is 0.590. The van der Waals surface area contributed by atoms with Crippen molar-refractivity contribution in [3.63, 3.8) is 0 Å². The van der Waals surface area contributed by atoms with E-state index in [4.69, 9.17) is 0 Å². The van der Waals surface area contributed by atoms with E-state index in [1.165, 1.54) is 5.56 Å². The Morgan fingerprint density at radius 2 is 1.76 bits per heavy atom. The average molecular weight is 398 g/mol. The van der Waals surface area contributed by atoms with E-state index < -0.39 is 0 Å². The van der Waals surface area contributed by atoms with Crippen molar-refractivity contribution in [2.24, 2.45) is 0 Å². The van der Waals surface area contributed by atoms with Crippen LogP contribution in [0.1, 0.15) is 30.9 Å². The molecule has 0 saturated heterocycles. The Hall–Kier alpha value is -2.47. The Bertz CT molecular complexity index is 862. The highest BCUT2D eigenvalue weighted by atomic mass is 79.9. The summed E-state index contributed by atoms with van der Waals surface area (Å²) in [6.45, 7) is 6.42. The van der Waals surface area contributed by atoms with Gasteiger partial charge < -0.3 is 10.6 Å². The summed E-state index contributed by atoms with van der Waals surface area (Å²) in [5, 5.41) is 14.7. The maximum atomic E-state index is 4.52. The maximum Gasteiger partial charge on any atom is 0.249 e. The molecular formula is C19H20BrN5. The minimum atomic E-state index is 0.402. The van der Waals surface area contributed by atoms with Gasteiger partial charge in [-0.1, -0.05) is 48.0 Å². The summed E-state index contributed by atoms with van der Waals surface area (Å²) in [6, 6.07) is 14.1. The SMILES string of the molecule is Cc1cccc(C(C)C)c1Nc1nncc(Nc2ccc(Br)cc2)n1. The van der Waals surface area contributed by atoms with Crippen LogP contribution in [-0.2, 0) is 0 Å². The Labute approximate surface area is 156 Å². The molecule has 25 heavy (non-hydrogen) atoms. The summed E-state index contributed by atoms with van der Waals surface area (Å²) < 4.78 is 1.03. The number of hydrogen-bond donors (Lipinski definition) is 2. The van der Waals surface area contributed by atoms with Gasteiger partial charge in [0, 0.05) is 15.8 Å². The van der Waals surface area contributed by atoms with Crippen molar-refractivity contribution in [1.29, 1.82) is 0 Å². The lowest BCUT2D eigenvalue weighted by molar-refractivity contribution is 0.865. The van der Waals surface area contributed by atoms with Crippen LogP contribution < -0.4 is 10.6 Å². The zero-order valence-electron chi connectivity index (χ0n) is 14.4. The minimum Gasteiger partial charge on any atom is -0.339 e. The first-order valence-corrected chi connectivity index (χ1v) is 8.91. The third-order valence-electron chi connectivity index (χ3n) is 3.84. The van der Waals surface area contributed by atoms with Gasteiger partial charge in [-0.3, -0.25) is 0 Å². The van der Waals surface area contributed by atoms with Crippen LogP contribution in [0.25, 0.3) is 0 Å². The third kappa shape index (κ3) is 4.33.